The molecule has 21 heavy (non-hydrogen) atoms. The van der Waals surface area contributed by atoms with Gasteiger partial charge >= 0.3 is 5.97 Å². The normalized spacial score (nSPS) is 12.2. The molecule has 2 aromatic rings. The zero-order chi connectivity index (χ0) is 15.2. The van der Waals surface area contributed by atoms with Gasteiger partial charge in [0.2, 0.25) is 0 Å². The number of ether oxygens (including phenoxy) is 1. The smallest absolute Gasteiger partial charge is 0.318 e. The van der Waals surface area contributed by atoms with Crippen LogP contribution in [0.25, 0.3) is 0 Å². The van der Waals surface area contributed by atoms with Gasteiger partial charge in [0, 0.05) is 0 Å². The predicted molar refractivity (Wildman–Crippen MR) is 85.5 cm³/mol. The summed E-state index contributed by atoms with van der Waals surface area (Å²) >= 11 is 0. The molecule has 0 aromatic heterocycles. The third-order valence-electron chi connectivity index (χ3n) is 3.44. The van der Waals surface area contributed by atoms with Crippen molar-refractivity contribution < 1.29 is 9.53 Å². The number of para-hydroxylation sites is 1. The molecule has 0 saturated heterocycles. The Bertz CT molecular complexity index is 570. The molecule has 110 valence electrons. The van der Waals surface area contributed by atoms with Gasteiger partial charge in [-0.05, 0) is 42.5 Å². The third-order valence-corrected chi connectivity index (χ3v) is 3.44. The lowest BCUT2D eigenvalue weighted by Gasteiger charge is -2.12. The highest BCUT2D eigenvalue weighted by atomic mass is 16.5. The molecule has 2 aromatic carbocycles. The number of esters is 1. The van der Waals surface area contributed by atoms with Crippen molar-refractivity contribution in [2.24, 2.45) is 5.92 Å². The lowest BCUT2D eigenvalue weighted by atomic mass is 9.97. The van der Waals surface area contributed by atoms with Gasteiger partial charge < -0.3 is 4.74 Å². The molecule has 0 aliphatic rings. The average molecular weight is 282 g/mol. The van der Waals surface area contributed by atoms with Crippen molar-refractivity contribution in [3.05, 3.63) is 65.7 Å². The quantitative estimate of drug-likeness (QED) is 0.592. The second-order valence-corrected chi connectivity index (χ2v) is 5.80. The molecule has 0 aliphatic heterocycles. The van der Waals surface area contributed by atoms with Crippen molar-refractivity contribution in [1.29, 1.82) is 0 Å². The molecule has 2 rings (SSSR count). The number of carbonyl (C=O) groups is 1. The van der Waals surface area contributed by atoms with Crippen molar-refractivity contribution in [3.63, 3.8) is 0 Å². The number of hydrogen-bond acceptors (Lipinski definition) is 2. The predicted octanol–water partition coefficient (Wildman–Crippen LogP) is 4.59. The van der Waals surface area contributed by atoms with E-state index >= 15 is 0 Å². The maximum Gasteiger partial charge on any atom is 0.318 e. The van der Waals surface area contributed by atoms with Crippen molar-refractivity contribution in [3.8, 4) is 5.75 Å². The molecule has 0 spiro atoms. The van der Waals surface area contributed by atoms with Gasteiger partial charge in [0.1, 0.15) is 5.75 Å². The topological polar surface area (TPSA) is 26.3 Å². The highest BCUT2D eigenvalue weighted by Crippen LogP contribution is 2.20. The summed E-state index contributed by atoms with van der Waals surface area (Å²) in [6.07, 6.45) is 1.06. The van der Waals surface area contributed by atoms with Gasteiger partial charge in [-0.3, -0.25) is 4.79 Å². The minimum absolute atomic E-state index is 0.224. The van der Waals surface area contributed by atoms with E-state index in [1.54, 1.807) is 12.1 Å². The van der Waals surface area contributed by atoms with Crippen LogP contribution in [0, 0.1) is 5.92 Å². The first kappa shape index (κ1) is 15.3. The molecule has 0 radical (unpaired) electrons. The average Bonchev–Trinajstić information content (AvgIpc) is 2.47. The Morgan fingerprint density at radius 2 is 1.57 bits per heavy atom. The van der Waals surface area contributed by atoms with Gasteiger partial charge in [-0.15, -0.1) is 0 Å². The van der Waals surface area contributed by atoms with E-state index in [9.17, 15) is 4.79 Å². The molecule has 0 fully saturated rings. The summed E-state index contributed by atoms with van der Waals surface area (Å²) in [5.41, 5.74) is 2.29. The van der Waals surface area contributed by atoms with Crippen LogP contribution in [0.15, 0.2) is 54.6 Å². The summed E-state index contributed by atoms with van der Waals surface area (Å²) in [4.78, 5) is 12.2. The number of hydrogen-bond donors (Lipinski definition) is 0. The van der Waals surface area contributed by atoms with E-state index in [0.717, 1.165) is 12.0 Å². The molecule has 0 bridgehead atoms. The van der Waals surface area contributed by atoms with E-state index in [1.807, 2.05) is 37.3 Å². The molecular weight excluding hydrogens is 260 g/mol. The summed E-state index contributed by atoms with van der Waals surface area (Å²) in [7, 11) is 0. The van der Waals surface area contributed by atoms with Crippen LogP contribution in [0.5, 0.6) is 5.75 Å². The fourth-order valence-electron chi connectivity index (χ4n) is 2.24. The molecule has 2 heteroatoms. The van der Waals surface area contributed by atoms with Crippen LogP contribution in [-0.4, -0.2) is 5.97 Å². The van der Waals surface area contributed by atoms with Crippen molar-refractivity contribution >= 4 is 5.97 Å². The Balaban J connectivity index is 2.02. The van der Waals surface area contributed by atoms with Gasteiger partial charge in [0.15, 0.2) is 0 Å². The molecule has 0 heterocycles. The zero-order valence-electron chi connectivity index (χ0n) is 12.9. The van der Waals surface area contributed by atoms with E-state index in [-0.39, 0.29) is 11.9 Å². The zero-order valence-corrected chi connectivity index (χ0v) is 12.9. The summed E-state index contributed by atoms with van der Waals surface area (Å²) in [6, 6.07) is 17.4. The van der Waals surface area contributed by atoms with Crippen LogP contribution < -0.4 is 4.74 Å². The molecule has 1 atom stereocenters. The van der Waals surface area contributed by atoms with Gasteiger partial charge in [-0.25, -0.2) is 0 Å². The fourth-order valence-corrected chi connectivity index (χ4v) is 2.24. The first-order chi connectivity index (χ1) is 10.1. The highest BCUT2D eigenvalue weighted by molar-refractivity contribution is 5.79. The van der Waals surface area contributed by atoms with Gasteiger partial charge in [0.25, 0.3) is 0 Å². The Kier molecular flexibility index (Phi) is 5.15. The molecular formula is C19H22O2. The third kappa shape index (κ3) is 4.45. The molecule has 0 aliphatic carbocycles. The molecule has 0 unspecified atom stereocenters. The van der Waals surface area contributed by atoms with Gasteiger partial charge in [0.05, 0.1) is 5.92 Å². The minimum atomic E-state index is -0.265. The Labute approximate surface area is 126 Å². The van der Waals surface area contributed by atoms with E-state index in [0.29, 0.717) is 11.7 Å². The molecule has 0 N–H and O–H groups in total. The van der Waals surface area contributed by atoms with E-state index < -0.39 is 0 Å². The summed E-state index contributed by atoms with van der Waals surface area (Å²) < 4.78 is 5.39. The summed E-state index contributed by atoms with van der Waals surface area (Å²) in [6.45, 7) is 6.28. The van der Waals surface area contributed by atoms with Crippen molar-refractivity contribution in [2.45, 2.75) is 33.1 Å². The maximum atomic E-state index is 12.2. The molecule has 0 amide bonds. The van der Waals surface area contributed by atoms with Crippen LogP contribution in [0.1, 0.15) is 37.8 Å². The standard InChI is InChI=1S/C19H22O2/c1-14(2)13-16-9-11-17(12-10-16)15(3)19(20)21-18-7-5-4-6-8-18/h4-12,14-15H,13H2,1-3H3/t15-/m1/s1. The lowest BCUT2D eigenvalue weighted by molar-refractivity contribution is -0.135. The largest absolute Gasteiger partial charge is 0.426 e. The van der Waals surface area contributed by atoms with Crippen LogP contribution in [0.2, 0.25) is 0 Å². The molecule has 0 saturated carbocycles. The van der Waals surface area contributed by atoms with E-state index in [1.165, 1.54) is 5.56 Å². The van der Waals surface area contributed by atoms with Gasteiger partial charge in [-0.1, -0.05) is 56.3 Å². The summed E-state index contributed by atoms with van der Waals surface area (Å²) in [5.74, 6) is 0.734. The second kappa shape index (κ2) is 7.07. The minimum Gasteiger partial charge on any atom is -0.426 e. The van der Waals surface area contributed by atoms with E-state index in [2.05, 4.69) is 26.0 Å². The van der Waals surface area contributed by atoms with Gasteiger partial charge in [-0.2, -0.15) is 0 Å². The number of benzene rings is 2. The second-order valence-electron chi connectivity index (χ2n) is 5.80. The Hall–Kier alpha value is -2.09. The van der Waals surface area contributed by atoms with Crippen LogP contribution in [-0.2, 0) is 11.2 Å². The van der Waals surface area contributed by atoms with Crippen LogP contribution in [0.4, 0.5) is 0 Å². The fraction of sp³-hybridized carbons (Fsp3) is 0.316. The van der Waals surface area contributed by atoms with Crippen LogP contribution >= 0.6 is 0 Å². The first-order valence-electron chi connectivity index (χ1n) is 7.42. The maximum absolute atomic E-state index is 12.2. The van der Waals surface area contributed by atoms with E-state index in [4.69, 9.17) is 4.74 Å². The Morgan fingerprint density at radius 1 is 0.952 bits per heavy atom. The van der Waals surface area contributed by atoms with Crippen LogP contribution in [0.3, 0.4) is 0 Å². The number of rotatable bonds is 5. The highest BCUT2D eigenvalue weighted by Gasteiger charge is 2.17. The Morgan fingerprint density at radius 3 is 2.14 bits per heavy atom. The lowest BCUT2D eigenvalue weighted by Crippen LogP contribution is -2.16. The number of carbonyl (C=O) groups excluding carboxylic acids is 1. The first-order valence-corrected chi connectivity index (χ1v) is 7.42. The monoisotopic (exact) mass is 282 g/mol. The molecule has 2 nitrogen and oxygen atoms in total. The van der Waals surface area contributed by atoms with Crippen molar-refractivity contribution in [2.75, 3.05) is 0 Å². The SMILES string of the molecule is CC(C)Cc1ccc([C@@H](C)C(=O)Oc2ccccc2)cc1. The van der Waals surface area contributed by atoms with Crippen molar-refractivity contribution in [1.82, 2.24) is 0 Å². The summed E-state index contributed by atoms with van der Waals surface area (Å²) in [5, 5.41) is 0.